The van der Waals surface area contributed by atoms with E-state index in [9.17, 15) is 8.78 Å². The topological polar surface area (TPSA) is 34.1 Å². The van der Waals surface area contributed by atoms with Gasteiger partial charge in [-0.2, -0.15) is 0 Å². The van der Waals surface area contributed by atoms with Gasteiger partial charge in [-0.1, -0.05) is 25.4 Å². The molecule has 0 fully saturated rings. The molecular weight excluding hydrogens is 298 g/mol. The molecular formula is C15H15ClF2N2O. The van der Waals surface area contributed by atoms with Crippen LogP contribution in [0.1, 0.15) is 19.4 Å². The highest BCUT2D eigenvalue weighted by Gasteiger charge is 2.08. The molecule has 0 aliphatic rings. The average Bonchev–Trinajstić information content (AvgIpc) is 2.43. The first-order valence-electron chi connectivity index (χ1n) is 6.46. The molecule has 6 heteroatoms. The quantitative estimate of drug-likeness (QED) is 0.893. The van der Waals surface area contributed by atoms with Crippen LogP contribution in [0.25, 0.3) is 0 Å². The third-order valence-corrected chi connectivity index (χ3v) is 3.06. The summed E-state index contributed by atoms with van der Waals surface area (Å²) in [6, 6.07) is 5.28. The van der Waals surface area contributed by atoms with Gasteiger partial charge in [0, 0.05) is 30.9 Å². The van der Waals surface area contributed by atoms with Crippen molar-refractivity contribution in [1.82, 2.24) is 10.3 Å². The van der Waals surface area contributed by atoms with Gasteiger partial charge in [-0.15, -0.1) is 0 Å². The van der Waals surface area contributed by atoms with Gasteiger partial charge in [0.25, 0.3) is 0 Å². The largest absolute Gasteiger partial charge is 0.439 e. The van der Waals surface area contributed by atoms with Crippen LogP contribution < -0.4 is 10.1 Å². The second kappa shape index (κ2) is 6.83. The Bertz CT molecular complexity index is 635. The molecule has 0 aliphatic carbocycles. The lowest BCUT2D eigenvalue weighted by Gasteiger charge is -2.11. The van der Waals surface area contributed by atoms with Gasteiger partial charge in [0.2, 0.25) is 5.88 Å². The van der Waals surface area contributed by atoms with E-state index >= 15 is 0 Å². The Morgan fingerprint density at radius 3 is 2.67 bits per heavy atom. The Kier molecular flexibility index (Phi) is 5.09. The number of nitrogens with zero attached hydrogens (tertiary/aromatic N) is 1. The normalized spacial score (nSPS) is 11.0. The Hall–Kier alpha value is -1.72. The number of hydrogen-bond donors (Lipinski definition) is 1. The van der Waals surface area contributed by atoms with Gasteiger partial charge in [-0.05, 0) is 17.7 Å². The molecule has 0 radical (unpaired) electrons. The highest BCUT2D eigenvalue weighted by atomic mass is 35.5. The molecule has 112 valence electrons. The first-order valence-corrected chi connectivity index (χ1v) is 6.84. The molecule has 21 heavy (non-hydrogen) atoms. The lowest BCUT2D eigenvalue weighted by molar-refractivity contribution is 0.446. The van der Waals surface area contributed by atoms with E-state index in [0.717, 1.165) is 17.7 Å². The predicted octanol–water partition coefficient (Wildman–Crippen LogP) is 4.30. The van der Waals surface area contributed by atoms with Gasteiger partial charge in [-0.25, -0.2) is 13.8 Å². The third kappa shape index (κ3) is 4.37. The fraction of sp³-hybridized carbons (Fsp3) is 0.267. The minimum Gasteiger partial charge on any atom is -0.439 e. The summed E-state index contributed by atoms with van der Waals surface area (Å²) in [5.74, 6) is -1.45. The van der Waals surface area contributed by atoms with Crippen LogP contribution >= 0.6 is 11.6 Å². The number of pyridine rings is 1. The molecule has 1 aromatic heterocycles. The van der Waals surface area contributed by atoms with Crippen LogP contribution in [-0.4, -0.2) is 11.0 Å². The van der Waals surface area contributed by atoms with Gasteiger partial charge in [0.1, 0.15) is 5.75 Å². The van der Waals surface area contributed by atoms with Gasteiger partial charge in [0.05, 0.1) is 5.02 Å². The molecule has 1 N–H and O–H groups in total. The fourth-order valence-corrected chi connectivity index (χ4v) is 1.80. The zero-order valence-corrected chi connectivity index (χ0v) is 12.4. The average molecular weight is 313 g/mol. The molecule has 1 heterocycles. The smallest absolute Gasteiger partial charge is 0.219 e. The molecule has 3 nitrogen and oxygen atoms in total. The lowest BCUT2D eigenvalue weighted by Crippen LogP contribution is -2.22. The standard InChI is InChI=1S/C15H15ClF2N2O/c1-9(2)19-7-10-5-15(20-8-12(10)16)21-11-3-4-13(17)14(18)6-11/h3-6,8-9,19H,7H2,1-2H3. The van der Waals surface area contributed by atoms with E-state index in [2.05, 4.69) is 10.3 Å². The van der Waals surface area contributed by atoms with E-state index in [-0.39, 0.29) is 11.6 Å². The van der Waals surface area contributed by atoms with E-state index in [1.54, 1.807) is 6.07 Å². The zero-order chi connectivity index (χ0) is 15.4. The molecule has 0 bridgehead atoms. The summed E-state index contributed by atoms with van der Waals surface area (Å²) in [6.07, 6.45) is 1.47. The summed E-state index contributed by atoms with van der Waals surface area (Å²) in [5, 5.41) is 3.75. The number of aromatic nitrogens is 1. The molecule has 0 spiro atoms. The maximum Gasteiger partial charge on any atom is 0.219 e. The SMILES string of the molecule is CC(C)NCc1cc(Oc2ccc(F)c(F)c2)ncc1Cl. The number of benzene rings is 1. The number of halogens is 3. The fourth-order valence-electron chi connectivity index (χ4n) is 1.62. The summed E-state index contributed by atoms with van der Waals surface area (Å²) in [5.41, 5.74) is 0.818. The monoisotopic (exact) mass is 312 g/mol. The molecule has 0 unspecified atom stereocenters. The minimum absolute atomic E-state index is 0.173. The van der Waals surface area contributed by atoms with Crippen LogP contribution in [0.15, 0.2) is 30.5 Å². The van der Waals surface area contributed by atoms with Crippen molar-refractivity contribution in [2.45, 2.75) is 26.4 Å². The van der Waals surface area contributed by atoms with Crippen LogP contribution in [-0.2, 0) is 6.54 Å². The van der Waals surface area contributed by atoms with Crippen molar-refractivity contribution in [3.8, 4) is 11.6 Å². The Morgan fingerprint density at radius 2 is 2.00 bits per heavy atom. The number of hydrogen-bond acceptors (Lipinski definition) is 3. The highest BCUT2D eigenvalue weighted by molar-refractivity contribution is 6.31. The van der Waals surface area contributed by atoms with Crippen molar-refractivity contribution in [3.63, 3.8) is 0 Å². The second-order valence-electron chi connectivity index (χ2n) is 4.83. The molecule has 0 aliphatic heterocycles. The summed E-state index contributed by atoms with van der Waals surface area (Å²) in [7, 11) is 0. The third-order valence-electron chi connectivity index (χ3n) is 2.72. The van der Waals surface area contributed by atoms with Gasteiger partial charge in [0.15, 0.2) is 11.6 Å². The van der Waals surface area contributed by atoms with Crippen LogP contribution in [0, 0.1) is 11.6 Å². The van der Waals surface area contributed by atoms with Gasteiger partial charge >= 0.3 is 0 Å². The first-order chi connectivity index (χ1) is 9.95. The van der Waals surface area contributed by atoms with E-state index < -0.39 is 11.6 Å². The van der Waals surface area contributed by atoms with Crippen molar-refractivity contribution >= 4 is 11.6 Å². The zero-order valence-electron chi connectivity index (χ0n) is 11.7. The molecule has 2 rings (SSSR count). The highest BCUT2D eigenvalue weighted by Crippen LogP contribution is 2.25. The minimum atomic E-state index is -0.969. The Balaban J connectivity index is 2.16. The molecule has 0 saturated heterocycles. The molecule has 0 atom stereocenters. The molecule has 0 amide bonds. The summed E-state index contributed by atoms with van der Waals surface area (Å²) < 4.78 is 31.4. The van der Waals surface area contributed by atoms with E-state index in [1.165, 1.54) is 12.3 Å². The van der Waals surface area contributed by atoms with E-state index in [0.29, 0.717) is 17.6 Å². The van der Waals surface area contributed by atoms with Crippen LogP contribution in [0.5, 0.6) is 11.6 Å². The molecule has 2 aromatic rings. The summed E-state index contributed by atoms with van der Waals surface area (Å²) >= 11 is 6.06. The van der Waals surface area contributed by atoms with Crippen molar-refractivity contribution in [2.75, 3.05) is 0 Å². The first kappa shape index (κ1) is 15.7. The number of nitrogens with one attached hydrogen (secondary N) is 1. The van der Waals surface area contributed by atoms with Crippen LogP contribution in [0.4, 0.5) is 8.78 Å². The van der Waals surface area contributed by atoms with Crippen LogP contribution in [0.3, 0.4) is 0 Å². The van der Waals surface area contributed by atoms with Crippen LogP contribution in [0.2, 0.25) is 5.02 Å². The number of ether oxygens (including phenoxy) is 1. The second-order valence-corrected chi connectivity index (χ2v) is 5.23. The maximum atomic E-state index is 13.1. The maximum absolute atomic E-state index is 13.1. The van der Waals surface area contributed by atoms with Crippen molar-refractivity contribution < 1.29 is 13.5 Å². The van der Waals surface area contributed by atoms with E-state index in [1.807, 2.05) is 13.8 Å². The van der Waals surface area contributed by atoms with Crippen molar-refractivity contribution in [2.24, 2.45) is 0 Å². The Morgan fingerprint density at radius 1 is 1.24 bits per heavy atom. The van der Waals surface area contributed by atoms with Gasteiger partial charge in [-0.3, -0.25) is 0 Å². The Labute approximate surface area is 126 Å². The lowest BCUT2D eigenvalue weighted by atomic mass is 10.2. The molecule has 0 saturated carbocycles. The number of rotatable bonds is 5. The van der Waals surface area contributed by atoms with Crippen molar-refractivity contribution in [1.29, 1.82) is 0 Å². The van der Waals surface area contributed by atoms with Gasteiger partial charge < -0.3 is 10.1 Å². The summed E-state index contributed by atoms with van der Waals surface area (Å²) in [4.78, 5) is 4.02. The van der Waals surface area contributed by atoms with E-state index in [4.69, 9.17) is 16.3 Å². The molecule has 1 aromatic carbocycles. The summed E-state index contributed by atoms with van der Waals surface area (Å²) in [6.45, 7) is 4.61. The predicted molar refractivity (Wildman–Crippen MR) is 77.7 cm³/mol. The van der Waals surface area contributed by atoms with Crippen molar-refractivity contribution in [3.05, 3.63) is 52.7 Å².